The first-order valence-electron chi connectivity index (χ1n) is 39.5. The van der Waals surface area contributed by atoms with E-state index in [1.165, 1.54) is 17.7 Å². The minimum Gasteiger partial charge on any atom is -0.497 e. The smallest absolute Gasteiger partial charge is 0.360 e. The van der Waals surface area contributed by atoms with Crippen LogP contribution in [0, 0.1) is 0 Å². The molecule has 0 saturated heterocycles. The Bertz CT molecular complexity index is 6310. The summed E-state index contributed by atoms with van der Waals surface area (Å²) in [5.74, 6) is -1.30. The summed E-state index contributed by atoms with van der Waals surface area (Å²) in [6, 6.07) is 78.7. The van der Waals surface area contributed by atoms with Gasteiger partial charge < -0.3 is 50.4 Å². The molecule has 1 amide bonds. The molecular formula is C94H91Cl6N15O8. The molecule has 16 rings (SSSR count). The van der Waals surface area contributed by atoms with Crippen molar-refractivity contribution in [3.05, 3.63) is 313 Å². The zero-order valence-electron chi connectivity index (χ0n) is 68.8. The molecule has 0 aliphatic rings. The number of aromatic nitrogens is 9. The van der Waals surface area contributed by atoms with E-state index in [0.29, 0.717) is 71.5 Å². The number of anilines is 6. The highest BCUT2D eigenvalue weighted by molar-refractivity contribution is 6.33. The second-order valence-electron chi connectivity index (χ2n) is 27.8. The van der Waals surface area contributed by atoms with Crippen LogP contribution < -0.4 is 35.8 Å². The molecule has 0 saturated carbocycles. The molecule has 7 N–H and O–H groups in total. The van der Waals surface area contributed by atoms with Gasteiger partial charge in [0, 0.05) is 97.4 Å². The number of fused-ring (bicyclic) bond motifs is 6. The normalized spacial score (nSPS) is 10.7. The quantitative estimate of drug-likeness (QED) is 0.0256. The van der Waals surface area contributed by atoms with Crippen LogP contribution in [0.4, 0.5) is 34.1 Å². The van der Waals surface area contributed by atoms with Crippen LogP contribution in [0.1, 0.15) is 103 Å². The number of aromatic amines is 2. The van der Waals surface area contributed by atoms with Crippen LogP contribution in [0.25, 0.3) is 64.6 Å². The number of nitrogens with zero attached hydrogens (tertiary/aromatic N) is 10. The minimum atomic E-state index is -1.09. The average Bonchev–Trinajstić information content (AvgIpc) is 1.74. The minimum absolute atomic E-state index is 0.0454. The maximum absolute atomic E-state index is 12.6. The first-order chi connectivity index (χ1) is 59.4. The van der Waals surface area contributed by atoms with Crippen LogP contribution in [0.3, 0.4) is 0 Å². The molecule has 0 radical (unpaired) electrons. The molecule has 3 heterocycles. The second kappa shape index (κ2) is 44.2. The number of nitrogen functional groups attached to an aromatic ring is 1. The predicted octanol–water partition coefficient (Wildman–Crippen LogP) is 22.9. The van der Waals surface area contributed by atoms with E-state index in [0.717, 1.165) is 134 Å². The Morgan fingerprint density at radius 1 is 0.423 bits per heavy atom. The zero-order valence-corrected chi connectivity index (χ0v) is 73.3. The summed E-state index contributed by atoms with van der Waals surface area (Å²) in [4.78, 5) is 53.0. The van der Waals surface area contributed by atoms with Crippen molar-refractivity contribution in [3.63, 3.8) is 0 Å². The number of rotatable bonds is 23. The summed E-state index contributed by atoms with van der Waals surface area (Å²) in [6.45, 7) is 18.7. The molecule has 0 unspecified atom stereocenters. The third kappa shape index (κ3) is 25.2. The van der Waals surface area contributed by atoms with Crippen LogP contribution in [-0.4, -0.2) is 121 Å². The second-order valence-corrected chi connectivity index (χ2v) is 30.4. The van der Waals surface area contributed by atoms with Gasteiger partial charge in [-0.15, -0.1) is 15.3 Å². The number of carboxylic acids is 1. The molecule has 0 fully saturated rings. The average molecular weight is 1770 g/mol. The Hall–Kier alpha value is -12.7. The Morgan fingerprint density at radius 2 is 0.780 bits per heavy atom. The highest BCUT2D eigenvalue weighted by Gasteiger charge is 2.25. The number of H-pyrrole nitrogens is 2. The van der Waals surface area contributed by atoms with Crippen molar-refractivity contribution < 1.29 is 38.5 Å². The fourth-order valence-electron chi connectivity index (χ4n) is 13.3. The number of carbonyl (C=O) groups excluding carboxylic acids is 3. The molecule has 3 aromatic heterocycles. The molecule has 632 valence electrons. The number of ether oxygens (including phenoxy) is 3. The number of hydrogen-bond donors (Lipinski definition) is 6. The van der Waals surface area contributed by atoms with Gasteiger partial charge >= 0.3 is 17.9 Å². The lowest BCUT2D eigenvalue weighted by Gasteiger charge is -2.24. The van der Waals surface area contributed by atoms with Crippen molar-refractivity contribution in [1.29, 1.82) is 0 Å². The van der Waals surface area contributed by atoms with E-state index >= 15 is 0 Å². The number of nitrogens with two attached hydrogens (primary N) is 1. The molecule has 16 aromatic rings. The topological polar surface area (TPSA) is 290 Å². The number of aromatic carboxylic acids is 1. The molecule has 23 nitrogen and oxygen atoms in total. The number of amides is 1. The Morgan fingerprint density at radius 3 is 1.19 bits per heavy atom. The Kier molecular flexibility index (Phi) is 32.7. The fraction of sp³-hybridized carbons (Fsp3) is 0.191. The Labute approximate surface area is 741 Å². The van der Waals surface area contributed by atoms with E-state index in [-0.39, 0.29) is 29.6 Å². The van der Waals surface area contributed by atoms with E-state index in [1.54, 1.807) is 25.6 Å². The standard InChI is InChI=1S/C26H27ClN4O3.C18H19ClN4O2.C16H15ClN4O2.C12H10ClNO.C12H12ClN.C10H8ClN/c1-4-30(22-11-9-19-14-21(27)10-8-20(19)15-22)17-24-25(26(32)34-5-2)28-29-31(24)16-18-6-12-23(33-3)13-7-18;1-3-23(11-16-17(21-22-20-16)18(24)25-4-2)15-8-6-12-9-14(19)7-5-13(12)10-15;1-2-21(9-14-15(16(22)23)19-20-18-14)13-6-4-10-7-12(17)5-3-11(10)8-13;1-8(15)14-12-5-3-9-6-11(13)4-2-10(9)7-12;1-2-14-12-6-4-9-7-11(13)5-3-10(9)8-12;11-9-3-1-8-6-10(12)4-2-7(8)5-9/h6-15H,4-5,16-17H2,1-3H3;5-10H,3-4,11H2,1-2H3,(H,20,21,22);3-8H,2,9H2,1H3,(H,22,23)(H,18,19,20);2-7H,1H3,(H,14,15);3-8,14H,2H2,1H3;1-6H,12H2. The highest BCUT2D eigenvalue weighted by atomic mass is 35.5. The molecule has 123 heavy (non-hydrogen) atoms. The summed E-state index contributed by atoms with van der Waals surface area (Å²) in [5, 5.41) is 61.8. The van der Waals surface area contributed by atoms with E-state index in [4.69, 9.17) is 94.7 Å². The number of hydrogen-bond acceptors (Lipinski definition) is 18. The largest absolute Gasteiger partial charge is 0.497 e. The van der Waals surface area contributed by atoms with E-state index in [2.05, 4.69) is 131 Å². The summed E-state index contributed by atoms with van der Waals surface area (Å²) >= 11 is 35.8. The maximum atomic E-state index is 12.6. The first-order valence-corrected chi connectivity index (χ1v) is 41.8. The fourth-order valence-corrected chi connectivity index (χ4v) is 14.4. The van der Waals surface area contributed by atoms with Gasteiger partial charge in [0.05, 0.1) is 52.2 Å². The summed E-state index contributed by atoms with van der Waals surface area (Å²) in [7, 11) is 1.64. The highest BCUT2D eigenvalue weighted by Crippen LogP contribution is 2.32. The van der Waals surface area contributed by atoms with Crippen molar-refractivity contribution in [3.8, 4) is 5.75 Å². The van der Waals surface area contributed by atoms with E-state index in [9.17, 15) is 19.2 Å². The molecule has 0 bridgehead atoms. The van der Waals surface area contributed by atoms with Gasteiger partial charge in [-0.1, -0.05) is 160 Å². The van der Waals surface area contributed by atoms with Crippen LogP contribution in [-0.2, 0) is 40.4 Å². The SMILES string of the molecule is CC(=O)Nc1ccc2cc(Cl)ccc2c1.CCN(Cc1n[nH]nc1C(=O)O)c1ccc2cc(Cl)ccc2c1.CCNc1ccc2cc(Cl)ccc2c1.CCOC(=O)c1n[nH]nc1CN(CC)c1ccc2cc(Cl)ccc2c1.CCOC(=O)c1nnn(Cc2ccc(OC)cc2)c1CN(CC)c1ccc2cc(Cl)ccc2c1.Nc1ccc2cc(Cl)ccc2c1. The molecule has 0 aliphatic heterocycles. The van der Waals surface area contributed by atoms with Crippen molar-refractivity contribution in [2.24, 2.45) is 0 Å². The van der Waals surface area contributed by atoms with E-state index in [1.807, 2.05) is 206 Å². The number of carboxylic acid groups (broad SMARTS) is 1. The summed E-state index contributed by atoms with van der Waals surface area (Å²) < 4.78 is 17.3. The van der Waals surface area contributed by atoms with Gasteiger partial charge in [-0.25, -0.2) is 19.1 Å². The molecule has 0 spiro atoms. The third-order valence-corrected chi connectivity index (χ3v) is 20.9. The third-order valence-electron chi connectivity index (χ3n) is 19.5. The number of esters is 2. The predicted molar refractivity (Wildman–Crippen MR) is 501 cm³/mol. The molecule has 29 heteroatoms. The number of benzene rings is 13. The molecule has 0 aliphatic carbocycles. The maximum Gasteiger partial charge on any atom is 0.360 e. The van der Waals surface area contributed by atoms with E-state index < -0.39 is 17.9 Å². The number of carbonyl (C=O) groups is 4. The molecular weight excluding hydrogens is 1680 g/mol. The van der Waals surface area contributed by atoms with Crippen molar-refractivity contribution >= 4 is 192 Å². The number of nitrogens with one attached hydrogen (secondary N) is 4. The lowest BCUT2D eigenvalue weighted by molar-refractivity contribution is -0.114. The summed E-state index contributed by atoms with van der Waals surface area (Å²) in [5.41, 5.74) is 14.5. The number of halogens is 6. The van der Waals surface area contributed by atoms with Gasteiger partial charge in [-0.05, 0) is 269 Å². The monoisotopic (exact) mass is 1770 g/mol. The first kappa shape index (κ1) is 91.0. The van der Waals surface area contributed by atoms with Crippen LogP contribution >= 0.6 is 69.6 Å². The van der Waals surface area contributed by atoms with Gasteiger partial charge in [-0.3, -0.25) is 4.79 Å². The Balaban J connectivity index is 0.000000149. The van der Waals surface area contributed by atoms with Gasteiger partial charge in [-0.2, -0.15) is 20.6 Å². The van der Waals surface area contributed by atoms with Crippen molar-refractivity contribution in [1.82, 2.24) is 45.8 Å². The van der Waals surface area contributed by atoms with Gasteiger partial charge in [0.2, 0.25) is 5.91 Å². The van der Waals surface area contributed by atoms with Crippen LogP contribution in [0.5, 0.6) is 5.75 Å². The molecule has 0 atom stereocenters. The lowest BCUT2D eigenvalue weighted by atomic mass is 10.1. The summed E-state index contributed by atoms with van der Waals surface area (Å²) in [6.07, 6.45) is 0. The van der Waals surface area contributed by atoms with Crippen molar-refractivity contribution in [2.75, 3.05) is 77.6 Å². The van der Waals surface area contributed by atoms with Crippen LogP contribution in [0.2, 0.25) is 30.1 Å². The van der Waals surface area contributed by atoms with Gasteiger partial charge in [0.15, 0.2) is 17.1 Å². The van der Waals surface area contributed by atoms with Crippen molar-refractivity contribution in [2.45, 2.75) is 74.6 Å². The molecule has 13 aromatic carbocycles. The van der Waals surface area contributed by atoms with Crippen LogP contribution in [0.15, 0.2) is 243 Å². The number of methoxy groups -OCH3 is 1. The zero-order chi connectivity index (χ0) is 87.6. The lowest BCUT2D eigenvalue weighted by Crippen LogP contribution is -2.26. The van der Waals surface area contributed by atoms with Gasteiger partial charge in [0.25, 0.3) is 0 Å². The van der Waals surface area contributed by atoms with Gasteiger partial charge in [0.1, 0.15) is 17.1 Å².